The van der Waals surface area contributed by atoms with Crippen molar-refractivity contribution in [3.8, 4) is 0 Å². The Morgan fingerprint density at radius 3 is 2.79 bits per heavy atom. The number of carbonyl (C=O) groups excluding carboxylic acids is 2. The van der Waals surface area contributed by atoms with E-state index in [1.54, 1.807) is 22.0 Å². The molecule has 0 spiro atoms. The number of benzene rings is 2. The lowest BCUT2D eigenvalue weighted by Gasteiger charge is -2.32. The average molecular weight is 589 g/mol. The summed E-state index contributed by atoms with van der Waals surface area (Å²) < 4.78 is 2.73. The smallest absolute Gasteiger partial charge is 0.245 e. The van der Waals surface area contributed by atoms with E-state index in [1.165, 1.54) is 0 Å². The first-order valence-electron chi connectivity index (χ1n) is 13.2. The number of rotatable bonds is 6. The van der Waals surface area contributed by atoms with E-state index >= 15 is 0 Å². The van der Waals surface area contributed by atoms with Crippen molar-refractivity contribution in [2.24, 2.45) is 13.0 Å². The molecule has 2 aliphatic rings. The van der Waals surface area contributed by atoms with Crippen LogP contribution in [0.4, 0.5) is 0 Å². The Morgan fingerprint density at radius 1 is 1.10 bits per heavy atom. The molecule has 2 N–H and O–H groups in total. The SMILES string of the molecule is Cn1nnc2cc(CNC(=O)C3CC(Cc4ccncc4)CN3C(=O)C3NCCc4cc(Br)ccc43)ccc21. The number of aryl methyl sites for hydroxylation is 1. The summed E-state index contributed by atoms with van der Waals surface area (Å²) in [4.78, 5) is 33.5. The predicted octanol–water partition coefficient (Wildman–Crippen LogP) is 3.09. The molecule has 0 radical (unpaired) electrons. The molecule has 0 saturated carbocycles. The molecular weight excluding hydrogens is 558 g/mol. The number of hydrogen-bond donors (Lipinski definition) is 2. The van der Waals surface area contributed by atoms with E-state index in [0.29, 0.717) is 19.5 Å². The lowest BCUT2D eigenvalue weighted by molar-refractivity contribution is -0.140. The van der Waals surface area contributed by atoms with Crippen LogP contribution in [0.15, 0.2) is 65.4 Å². The maximum absolute atomic E-state index is 14.0. The highest BCUT2D eigenvalue weighted by atomic mass is 79.9. The number of fused-ring (bicyclic) bond motifs is 2. The predicted molar refractivity (Wildman–Crippen MR) is 150 cm³/mol. The molecular formula is C29H30BrN7O2. The average Bonchev–Trinajstić information content (AvgIpc) is 3.54. The van der Waals surface area contributed by atoms with Gasteiger partial charge in [-0.25, -0.2) is 4.68 Å². The minimum atomic E-state index is -0.535. The molecule has 3 atom stereocenters. The molecule has 2 aromatic heterocycles. The molecule has 200 valence electrons. The van der Waals surface area contributed by atoms with Gasteiger partial charge in [-0.15, -0.1) is 5.10 Å². The molecule has 0 aliphatic carbocycles. The number of amides is 2. The number of hydrogen-bond acceptors (Lipinski definition) is 6. The van der Waals surface area contributed by atoms with Gasteiger partial charge in [0.1, 0.15) is 17.6 Å². The van der Waals surface area contributed by atoms with Crippen molar-refractivity contribution < 1.29 is 9.59 Å². The fourth-order valence-electron chi connectivity index (χ4n) is 5.84. The van der Waals surface area contributed by atoms with Crippen LogP contribution in [0.5, 0.6) is 0 Å². The number of likely N-dealkylation sites (tertiary alicyclic amines) is 1. The Hall–Kier alpha value is -3.63. The fourth-order valence-corrected chi connectivity index (χ4v) is 6.25. The molecule has 1 saturated heterocycles. The summed E-state index contributed by atoms with van der Waals surface area (Å²) in [6.07, 6.45) is 5.84. The van der Waals surface area contributed by atoms with Gasteiger partial charge in [0.05, 0.1) is 5.52 Å². The van der Waals surface area contributed by atoms with E-state index in [9.17, 15) is 9.59 Å². The van der Waals surface area contributed by atoms with Crippen molar-refractivity contribution in [2.75, 3.05) is 13.1 Å². The van der Waals surface area contributed by atoms with Gasteiger partial charge in [-0.05, 0) is 83.8 Å². The van der Waals surface area contributed by atoms with Crippen molar-refractivity contribution in [3.63, 3.8) is 0 Å². The quantitative estimate of drug-likeness (QED) is 0.359. The summed E-state index contributed by atoms with van der Waals surface area (Å²) in [5, 5.41) is 14.7. The molecule has 4 heterocycles. The second-order valence-corrected chi connectivity index (χ2v) is 11.3. The molecule has 0 bridgehead atoms. The number of nitrogens with zero attached hydrogens (tertiary/aromatic N) is 5. The zero-order valence-electron chi connectivity index (χ0n) is 21.7. The first kappa shape index (κ1) is 25.6. The highest BCUT2D eigenvalue weighted by Crippen LogP contribution is 2.33. The Labute approximate surface area is 235 Å². The largest absolute Gasteiger partial charge is 0.350 e. The van der Waals surface area contributed by atoms with E-state index in [2.05, 4.69) is 47.9 Å². The number of nitrogens with one attached hydrogen (secondary N) is 2. The van der Waals surface area contributed by atoms with Crippen LogP contribution >= 0.6 is 15.9 Å². The van der Waals surface area contributed by atoms with Gasteiger partial charge in [-0.1, -0.05) is 33.3 Å². The van der Waals surface area contributed by atoms with E-state index in [-0.39, 0.29) is 17.7 Å². The lowest BCUT2D eigenvalue weighted by atomic mass is 9.93. The summed E-state index contributed by atoms with van der Waals surface area (Å²) in [6, 6.07) is 14.9. The number of halogens is 1. The third-order valence-electron chi connectivity index (χ3n) is 7.79. The van der Waals surface area contributed by atoms with Crippen LogP contribution in [-0.2, 0) is 36.0 Å². The van der Waals surface area contributed by atoms with Gasteiger partial charge >= 0.3 is 0 Å². The second kappa shape index (κ2) is 10.9. The van der Waals surface area contributed by atoms with E-state index in [4.69, 9.17) is 0 Å². The van der Waals surface area contributed by atoms with Crippen LogP contribution in [0.25, 0.3) is 11.0 Å². The molecule has 2 aromatic carbocycles. The van der Waals surface area contributed by atoms with Gasteiger partial charge < -0.3 is 15.5 Å². The Balaban J connectivity index is 1.22. The standard InChI is InChI=1S/C29H30BrN7O2/c1-36-25-5-2-19(13-24(25)34-35-36)16-33-28(38)26-14-20(12-18-6-9-31-10-7-18)17-37(26)29(39)27-23-4-3-22(30)15-21(23)8-11-32-27/h2-7,9-10,13,15,20,26-27,32H,8,11-12,14,16-17H2,1H3,(H,33,38). The number of carbonyl (C=O) groups is 2. The van der Waals surface area contributed by atoms with Gasteiger partial charge in [0.2, 0.25) is 11.8 Å². The van der Waals surface area contributed by atoms with E-state index < -0.39 is 12.1 Å². The van der Waals surface area contributed by atoms with Crippen LogP contribution in [-0.4, -0.2) is 55.8 Å². The van der Waals surface area contributed by atoms with Crippen LogP contribution in [0.3, 0.4) is 0 Å². The molecule has 10 heteroatoms. The van der Waals surface area contributed by atoms with Gasteiger partial charge in [0.25, 0.3) is 0 Å². The molecule has 39 heavy (non-hydrogen) atoms. The maximum atomic E-state index is 14.0. The minimum Gasteiger partial charge on any atom is -0.350 e. The van der Waals surface area contributed by atoms with Gasteiger partial charge in [-0.2, -0.15) is 0 Å². The van der Waals surface area contributed by atoms with Crippen molar-refractivity contribution in [1.29, 1.82) is 0 Å². The summed E-state index contributed by atoms with van der Waals surface area (Å²) >= 11 is 3.55. The lowest BCUT2D eigenvalue weighted by Crippen LogP contribution is -2.50. The highest BCUT2D eigenvalue weighted by molar-refractivity contribution is 9.10. The summed E-state index contributed by atoms with van der Waals surface area (Å²) in [7, 11) is 1.85. The molecule has 1 fully saturated rings. The van der Waals surface area contributed by atoms with Gasteiger partial charge in [0.15, 0.2) is 0 Å². The monoisotopic (exact) mass is 587 g/mol. The van der Waals surface area contributed by atoms with Crippen LogP contribution in [0.2, 0.25) is 0 Å². The molecule has 3 unspecified atom stereocenters. The van der Waals surface area contributed by atoms with Crippen molar-refractivity contribution in [2.45, 2.75) is 37.9 Å². The summed E-state index contributed by atoms with van der Waals surface area (Å²) in [5.41, 5.74) is 5.97. The fraction of sp³-hybridized carbons (Fsp3) is 0.345. The van der Waals surface area contributed by atoms with E-state index in [1.807, 2.05) is 49.5 Å². The molecule has 9 nitrogen and oxygen atoms in total. The molecule has 6 rings (SSSR count). The highest BCUT2D eigenvalue weighted by Gasteiger charge is 2.42. The zero-order chi connectivity index (χ0) is 26.9. The number of aromatic nitrogens is 4. The van der Waals surface area contributed by atoms with Crippen molar-refractivity contribution in [3.05, 3.63) is 87.7 Å². The van der Waals surface area contributed by atoms with Crippen molar-refractivity contribution in [1.82, 2.24) is 35.5 Å². The second-order valence-electron chi connectivity index (χ2n) is 10.4. The summed E-state index contributed by atoms with van der Waals surface area (Å²) in [5.74, 6) is -0.000637. The van der Waals surface area contributed by atoms with E-state index in [0.717, 1.165) is 57.1 Å². The number of pyridine rings is 1. The molecule has 2 aliphatic heterocycles. The minimum absolute atomic E-state index is 0.0448. The third kappa shape index (κ3) is 5.31. The maximum Gasteiger partial charge on any atom is 0.245 e. The first-order chi connectivity index (χ1) is 19.0. The Morgan fingerprint density at radius 2 is 1.95 bits per heavy atom. The van der Waals surface area contributed by atoms with Crippen LogP contribution in [0, 0.1) is 5.92 Å². The van der Waals surface area contributed by atoms with Crippen molar-refractivity contribution >= 4 is 38.8 Å². The summed E-state index contributed by atoms with van der Waals surface area (Å²) in [6.45, 7) is 1.61. The normalized spacial score (nSPS) is 20.7. The Bertz CT molecular complexity index is 1520. The molecule has 4 aromatic rings. The third-order valence-corrected chi connectivity index (χ3v) is 8.29. The topological polar surface area (TPSA) is 105 Å². The molecule has 2 amide bonds. The Kier molecular flexibility index (Phi) is 7.14. The van der Waals surface area contributed by atoms with Gasteiger partial charge in [-0.3, -0.25) is 14.6 Å². The first-order valence-corrected chi connectivity index (χ1v) is 14.0. The van der Waals surface area contributed by atoms with Crippen LogP contribution in [0.1, 0.15) is 34.7 Å². The van der Waals surface area contributed by atoms with Crippen LogP contribution < -0.4 is 10.6 Å². The zero-order valence-corrected chi connectivity index (χ0v) is 23.3. The van der Waals surface area contributed by atoms with Gasteiger partial charge in [0, 0.05) is 43.5 Å².